The summed E-state index contributed by atoms with van der Waals surface area (Å²) in [5.41, 5.74) is 5.52. The van der Waals surface area contributed by atoms with E-state index >= 15 is 0 Å². The Kier molecular flexibility index (Phi) is 7.47. The lowest BCUT2D eigenvalue weighted by Crippen LogP contribution is -2.47. The fourth-order valence-electron chi connectivity index (χ4n) is 1.16. The third kappa shape index (κ3) is 7.68. The lowest BCUT2D eigenvalue weighted by atomic mass is 10.1. The molecule has 0 heterocycles. The Morgan fingerprint density at radius 3 is 2.37 bits per heavy atom. The molecule has 0 unspecified atom stereocenters. The molecule has 19 heavy (non-hydrogen) atoms. The molecule has 1 atom stereocenters. The Morgan fingerprint density at radius 1 is 1.32 bits per heavy atom. The van der Waals surface area contributed by atoms with Crippen LogP contribution in [0.5, 0.6) is 0 Å². The van der Waals surface area contributed by atoms with Crippen molar-refractivity contribution in [2.75, 3.05) is 12.3 Å². The van der Waals surface area contributed by atoms with E-state index in [0.717, 1.165) is 11.8 Å². The molecule has 0 aliphatic carbocycles. The molecule has 0 aliphatic rings. The summed E-state index contributed by atoms with van der Waals surface area (Å²) in [6.45, 7) is 3.61. The van der Waals surface area contributed by atoms with Gasteiger partial charge in [0.2, 0.25) is 5.91 Å². The van der Waals surface area contributed by atoms with Gasteiger partial charge in [-0.1, -0.05) is 0 Å². The van der Waals surface area contributed by atoms with E-state index in [1.807, 2.05) is 0 Å². The molecule has 0 aliphatic heterocycles. The Balaban J connectivity index is 3.95. The topological polar surface area (TPSA) is 130 Å². The highest BCUT2D eigenvalue weighted by atomic mass is 32.2. The zero-order valence-corrected chi connectivity index (χ0v) is 11.8. The summed E-state index contributed by atoms with van der Waals surface area (Å²) in [6, 6.07) is -1.06. The van der Waals surface area contributed by atoms with Gasteiger partial charge in [0.25, 0.3) is 0 Å². The number of carboxylic acids is 2. The molecular formula is C11H20N2O5S. The Labute approximate surface area is 115 Å². The number of hydrogen-bond donors (Lipinski definition) is 4. The largest absolute Gasteiger partial charge is 0.481 e. The Bertz CT molecular complexity index is 346. The Hall–Kier alpha value is -1.28. The third-order valence-electron chi connectivity index (χ3n) is 2.48. The van der Waals surface area contributed by atoms with Gasteiger partial charge < -0.3 is 21.3 Å². The first-order chi connectivity index (χ1) is 8.66. The minimum Gasteiger partial charge on any atom is -0.481 e. The van der Waals surface area contributed by atoms with E-state index in [1.54, 1.807) is 13.8 Å². The number of carbonyl (C=O) groups is 3. The molecule has 0 fully saturated rings. The first kappa shape index (κ1) is 17.7. The van der Waals surface area contributed by atoms with E-state index in [2.05, 4.69) is 5.32 Å². The standard InChI is InChI=1S/C11H20N2O5S/c1-11(2,9(12)10(17)18)19-6-7(14)13-5-3-4-8(15)16/h9H,3-6,12H2,1-2H3,(H,13,14)(H,15,16)(H,17,18)/t9-/m0/s1. The maximum atomic E-state index is 11.5. The van der Waals surface area contributed by atoms with Crippen LogP contribution >= 0.6 is 11.8 Å². The van der Waals surface area contributed by atoms with Crippen LogP contribution in [0.4, 0.5) is 0 Å². The van der Waals surface area contributed by atoms with Gasteiger partial charge >= 0.3 is 11.9 Å². The number of hydrogen-bond acceptors (Lipinski definition) is 5. The van der Waals surface area contributed by atoms with Gasteiger partial charge in [0.05, 0.1) is 5.75 Å². The van der Waals surface area contributed by atoms with Crippen LogP contribution in [0.25, 0.3) is 0 Å². The van der Waals surface area contributed by atoms with Crippen molar-refractivity contribution in [2.24, 2.45) is 5.73 Å². The Morgan fingerprint density at radius 2 is 1.89 bits per heavy atom. The lowest BCUT2D eigenvalue weighted by molar-refractivity contribution is -0.139. The predicted octanol–water partition coefficient (Wildman–Crippen LogP) is -0.109. The van der Waals surface area contributed by atoms with Crippen LogP contribution in [0.15, 0.2) is 0 Å². The minimum atomic E-state index is -1.11. The number of aliphatic carboxylic acids is 2. The first-order valence-electron chi connectivity index (χ1n) is 5.77. The molecule has 8 heteroatoms. The maximum Gasteiger partial charge on any atom is 0.321 e. The van der Waals surface area contributed by atoms with Gasteiger partial charge in [-0.3, -0.25) is 14.4 Å². The molecule has 1 amide bonds. The van der Waals surface area contributed by atoms with Gasteiger partial charge in [-0.15, -0.1) is 11.8 Å². The first-order valence-corrected chi connectivity index (χ1v) is 6.76. The van der Waals surface area contributed by atoms with Gasteiger partial charge in [-0.05, 0) is 20.3 Å². The molecule has 0 saturated carbocycles. The molecule has 110 valence electrons. The van der Waals surface area contributed by atoms with E-state index in [1.165, 1.54) is 0 Å². The van der Waals surface area contributed by atoms with E-state index < -0.39 is 22.7 Å². The fraction of sp³-hybridized carbons (Fsp3) is 0.727. The van der Waals surface area contributed by atoms with E-state index in [4.69, 9.17) is 15.9 Å². The van der Waals surface area contributed by atoms with Gasteiger partial charge in [-0.2, -0.15) is 0 Å². The molecule has 0 spiro atoms. The van der Waals surface area contributed by atoms with Gasteiger partial charge in [-0.25, -0.2) is 0 Å². The molecule has 5 N–H and O–H groups in total. The fourth-order valence-corrected chi connectivity index (χ4v) is 2.04. The van der Waals surface area contributed by atoms with Gasteiger partial charge in [0.1, 0.15) is 6.04 Å². The number of thioether (sulfide) groups is 1. The van der Waals surface area contributed by atoms with E-state index in [-0.39, 0.29) is 24.6 Å². The molecule has 0 radical (unpaired) electrons. The maximum absolute atomic E-state index is 11.5. The van der Waals surface area contributed by atoms with Crippen molar-refractivity contribution in [3.8, 4) is 0 Å². The second-order valence-corrected chi connectivity index (χ2v) is 6.18. The minimum absolute atomic E-state index is 0.00278. The number of rotatable bonds is 9. The molecule has 0 saturated heterocycles. The zero-order valence-electron chi connectivity index (χ0n) is 11.0. The predicted molar refractivity (Wildman–Crippen MR) is 72.0 cm³/mol. The highest BCUT2D eigenvalue weighted by Crippen LogP contribution is 2.27. The summed E-state index contributed by atoms with van der Waals surface area (Å²) in [4.78, 5) is 32.5. The number of carbonyl (C=O) groups excluding carboxylic acids is 1. The molecular weight excluding hydrogens is 272 g/mol. The van der Waals surface area contributed by atoms with Crippen molar-refractivity contribution in [1.29, 1.82) is 0 Å². The molecule has 0 aromatic rings. The van der Waals surface area contributed by atoms with Crippen LogP contribution in [0.1, 0.15) is 26.7 Å². The SMILES string of the molecule is CC(C)(SCC(=O)NCCCC(=O)O)[C@@H](N)C(=O)O. The molecule has 0 rings (SSSR count). The highest BCUT2D eigenvalue weighted by Gasteiger charge is 2.33. The van der Waals surface area contributed by atoms with Crippen molar-refractivity contribution in [3.63, 3.8) is 0 Å². The monoisotopic (exact) mass is 292 g/mol. The van der Waals surface area contributed by atoms with Gasteiger partial charge in [0, 0.05) is 17.7 Å². The van der Waals surface area contributed by atoms with E-state index in [0.29, 0.717) is 6.42 Å². The summed E-state index contributed by atoms with van der Waals surface area (Å²) in [6.07, 6.45) is 0.368. The van der Waals surface area contributed by atoms with Crippen LogP contribution in [0, 0.1) is 0 Å². The number of carboxylic acid groups (broad SMARTS) is 2. The second-order valence-electron chi connectivity index (χ2n) is 4.56. The van der Waals surface area contributed by atoms with Crippen molar-refractivity contribution >= 4 is 29.6 Å². The van der Waals surface area contributed by atoms with Crippen LogP contribution in [-0.4, -0.2) is 51.1 Å². The second kappa shape index (κ2) is 8.00. The quantitative estimate of drug-likeness (QED) is 0.436. The summed E-state index contributed by atoms with van der Waals surface area (Å²) in [7, 11) is 0. The smallest absolute Gasteiger partial charge is 0.321 e. The number of nitrogens with one attached hydrogen (secondary N) is 1. The average molecular weight is 292 g/mol. The summed E-state index contributed by atoms with van der Waals surface area (Å²) in [5, 5.41) is 19.8. The molecule has 0 bridgehead atoms. The van der Waals surface area contributed by atoms with Crippen LogP contribution in [0.2, 0.25) is 0 Å². The molecule has 0 aromatic carbocycles. The number of nitrogens with two attached hydrogens (primary N) is 1. The number of amides is 1. The highest BCUT2D eigenvalue weighted by molar-refractivity contribution is 8.01. The van der Waals surface area contributed by atoms with Crippen molar-refractivity contribution < 1.29 is 24.6 Å². The van der Waals surface area contributed by atoms with Crippen molar-refractivity contribution in [3.05, 3.63) is 0 Å². The normalized spacial score (nSPS) is 12.8. The van der Waals surface area contributed by atoms with Gasteiger partial charge in [0.15, 0.2) is 0 Å². The van der Waals surface area contributed by atoms with Crippen LogP contribution in [0.3, 0.4) is 0 Å². The lowest BCUT2D eigenvalue weighted by Gasteiger charge is -2.27. The van der Waals surface area contributed by atoms with E-state index in [9.17, 15) is 14.4 Å². The van der Waals surface area contributed by atoms with Crippen molar-refractivity contribution in [1.82, 2.24) is 5.32 Å². The molecule has 0 aromatic heterocycles. The average Bonchev–Trinajstić information content (AvgIpc) is 2.30. The summed E-state index contributed by atoms with van der Waals surface area (Å²) < 4.78 is -0.760. The van der Waals surface area contributed by atoms with Crippen LogP contribution < -0.4 is 11.1 Å². The van der Waals surface area contributed by atoms with Crippen molar-refractivity contribution in [2.45, 2.75) is 37.5 Å². The molecule has 7 nitrogen and oxygen atoms in total. The summed E-state index contributed by atoms with van der Waals surface area (Å²) >= 11 is 1.15. The third-order valence-corrected chi connectivity index (χ3v) is 3.88. The summed E-state index contributed by atoms with van der Waals surface area (Å²) in [5.74, 6) is -2.20. The zero-order chi connectivity index (χ0) is 15.1. The van der Waals surface area contributed by atoms with Crippen LogP contribution in [-0.2, 0) is 14.4 Å².